The Kier molecular flexibility index (Phi) is 9.02. The molecule has 1 aromatic carbocycles. The molecule has 0 spiro atoms. The number of hydrogen-bond donors (Lipinski definition) is 2. The van der Waals surface area contributed by atoms with E-state index in [0.29, 0.717) is 12.0 Å². The van der Waals surface area contributed by atoms with Crippen LogP contribution in [0.25, 0.3) is 0 Å². The van der Waals surface area contributed by atoms with Gasteiger partial charge in [-0.25, -0.2) is 0 Å². The Balaban J connectivity index is 1.65. The lowest BCUT2D eigenvalue weighted by molar-refractivity contribution is 0.0925. The third kappa shape index (κ3) is 6.84. The quantitative estimate of drug-likeness (QED) is 0.492. The monoisotopic (exact) mass is 428 g/mol. The first-order chi connectivity index (χ1) is 15.0. The van der Waals surface area contributed by atoms with Gasteiger partial charge >= 0.3 is 0 Å². The maximum Gasteiger partial charge on any atom is 0.191 e. The minimum atomic E-state index is 0.210. The summed E-state index contributed by atoms with van der Waals surface area (Å²) >= 11 is 0. The Morgan fingerprint density at radius 2 is 1.74 bits per heavy atom. The van der Waals surface area contributed by atoms with Crippen LogP contribution >= 0.6 is 0 Å². The van der Waals surface area contributed by atoms with Crippen molar-refractivity contribution in [3.05, 3.63) is 29.8 Å². The summed E-state index contributed by atoms with van der Waals surface area (Å²) in [6.07, 6.45) is 2.61. The summed E-state index contributed by atoms with van der Waals surface area (Å²) < 4.78 is 0. The fourth-order valence-corrected chi connectivity index (χ4v) is 4.66. The number of likely N-dealkylation sites (N-methyl/N-ethyl adjacent to an activating group) is 1. The summed E-state index contributed by atoms with van der Waals surface area (Å²) in [5, 5.41) is 7.11. The molecule has 3 rings (SSSR count). The number of anilines is 1. The fraction of sp³-hybridized carbons (Fsp3) is 0.720. The highest BCUT2D eigenvalue weighted by Gasteiger charge is 2.25. The van der Waals surface area contributed by atoms with Gasteiger partial charge in [-0.1, -0.05) is 26.0 Å². The van der Waals surface area contributed by atoms with E-state index in [1.165, 1.54) is 37.2 Å². The summed E-state index contributed by atoms with van der Waals surface area (Å²) in [7, 11) is 2.22. The molecule has 6 nitrogen and oxygen atoms in total. The molecule has 2 heterocycles. The Labute approximate surface area is 190 Å². The summed E-state index contributed by atoms with van der Waals surface area (Å²) in [5.74, 6) is 1.51. The molecule has 0 aliphatic carbocycles. The number of nitrogens with zero attached hydrogens (tertiary/aromatic N) is 4. The minimum Gasteiger partial charge on any atom is -0.372 e. The van der Waals surface area contributed by atoms with E-state index in [1.54, 1.807) is 0 Å². The van der Waals surface area contributed by atoms with Crippen molar-refractivity contribution in [1.29, 1.82) is 0 Å². The van der Waals surface area contributed by atoms with Gasteiger partial charge in [0.2, 0.25) is 0 Å². The first-order valence-electron chi connectivity index (χ1n) is 12.3. The van der Waals surface area contributed by atoms with Crippen molar-refractivity contribution in [2.75, 3.05) is 64.3 Å². The molecule has 2 saturated heterocycles. The Morgan fingerprint density at radius 3 is 2.39 bits per heavy atom. The van der Waals surface area contributed by atoms with Crippen molar-refractivity contribution in [3.63, 3.8) is 0 Å². The molecule has 2 aliphatic heterocycles. The highest BCUT2D eigenvalue weighted by Crippen LogP contribution is 2.24. The van der Waals surface area contributed by atoms with Gasteiger partial charge < -0.3 is 20.4 Å². The molecule has 31 heavy (non-hydrogen) atoms. The van der Waals surface area contributed by atoms with Gasteiger partial charge in [-0.2, -0.15) is 0 Å². The van der Waals surface area contributed by atoms with Gasteiger partial charge in [0.15, 0.2) is 5.96 Å². The highest BCUT2D eigenvalue weighted by atomic mass is 15.3. The van der Waals surface area contributed by atoms with Crippen molar-refractivity contribution in [1.82, 2.24) is 20.4 Å². The van der Waals surface area contributed by atoms with E-state index in [9.17, 15) is 0 Å². The van der Waals surface area contributed by atoms with Gasteiger partial charge in [-0.05, 0) is 57.4 Å². The van der Waals surface area contributed by atoms with Crippen LogP contribution in [0.3, 0.4) is 0 Å². The zero-order valence-electron chi connectivity index (χ0n) is 20.4. The van der Waals surface area contributed by atoms with Crippen LogP contribution in [0.4, 0.5) is 5.69 Å². The summed E-state index contributed by atoms with van der Waals surface area (Å²) in [6, 6.07) is 9.69. The van der Waals surface area contributed by atoms with Crippen LogP contribution in [0, 0.1) is 5.92 Å². The smallest absolute Gasteiger partial charge is 0.191 e. The summed E-state index contributed by atoms with van der Waals surface area (Å²) in [6.45, 7) is 17.6. The van der Waals surface area contributed by atoms with Gasteiger partial charge in [-0.15, -0.1) is 0 Å². The standard InChI is InChI=1S/C25H44N6/c1-6-26-25(27-19-24(20(2)3)31-16-14-29(5)15-17-31)28-21(4)22-10-9-11-23(18-22)30-12-7-8-13-30/h9-11,18,20-21,24H,6-8,12-17,19H2,1-5H3,(H2,26,27,28). The van der Waals surface area contributed by atoms with Crippen molar-refractivity contribution < 1.29 is 0 Å². The van der Waals surface area contributed by atoms with E-state index >= 15 is 0 Å². The van der Waals surface area contributed by atoms with E-state index in [2.05, 4.69) is 84.3 Å². The molecule has 2 fully saturated rings. The van der Waals surface area contributed by atoms with Gasteiger partial charge in [0.1, 0.15) is 0 Å². The third-order valence-electron chi connectivity index (χ3n) is 6.75. The van der Waals surface area contributed by atoms with Crippen LogP contribution in [-0.4, -0.2) is 81.2 Å². The summed E-state index contributed by atoms with van der Waals surface area (Å²) in [5.41, 5.74) is 2.66. The van der Waals surface area contributed by atoms with Crippen LogP contribution in [-0.2, 0) is 0 Å². The van der Waals surface area contributed by atoms with Crippen LogP contribution in [0.15, 0.2) is 29.3 Å². The maximum absolute atomic E-state index is 5.02. The van der Waals surface area contributed by atoms with Gasteiger partial charge in [-0.3, -0.25) is 9.89 Å². The molecule has 2 unspecified atom stereocenters. The molecular formula is C25H44N6. The molecular weight excluding hydrogens is 384 g/mol. The minimum absolute atomic E-state index is 0.210. The predicted molar refractivity (Wildman–Crippen MR) is 133 cm³/mol. The first kappa shape index (κ1) is 23.9. The molecule has 0 bridgehead atoms. The second kappa shape index (κ2) is 11.7. The normalized spacial score (nSPS) is 20.8. The molecule has 2 atom stereocenters. The number of aliphatic imine (C=N–C) groups is 1. The van der Waals surface area contributed by atoms with Crippen LogP contribution in [0.5, 0.6) is 0 Å². The fourth-order valence-electron chi connectivity index (χ4n) is 4.66. The Morgan fingerprint density at radius 1 is 1.03 bits per heavy atom. The molecule has 0 saturated carbocycles. The van der Waals surface area contributed by atoms with Crippen molar-refractivity contribution >= 4 is 11.6 Å². The number of guanidine groups is 1. The Bertz CT molecular complexity index is 689. The number of benzene rings is 1. The van der Waals surface area contributed by atoms with E-state index in [0.717, 1.165) is 45.2 Å². The number of rotatable bonds is 8. The average molecular weight is 429 g/mol. The first-order valence-corrected chi connectivity index (χ1v) is 12.3. The van der Waals surface area contributed by atoms with E-state index in [-0.39, 0.29) is 6.04 Å². The number of piperazine rings is 1. The maximum atomic E-state index is 5.02. The molecule has 0 amide bonds. The van der Waals surface area contributed by atoms with Crippen molar-refractivity contribution in [2.24, 2.45) is 10.9 Å². The zero-order chi connectivity index (χ0) is 22.2. The second-order valence-electron chi connectivity index (χ2n) is 9.53. The lowest BCUT2D eigenvalue weighted by Crippen LogP contribution is -2.52. The van der Waals surface area contributed by atoms with Crippen molar-refractivity contribution in [3.8, 4) is 0 Å². The Hall–Kier alpha value is -1.79. The van der Waals surface area contributed by atoms with Crippen LogP contribution in [0.1, 0.15) is 52.1 Å². The van der Waals surface area contributed by atoms with Crippen LogP contribution in [0.2, 0.25) is 0 Å². The molecule has 6 heteroatoms. The van der Waals surface area contributed by atoms with Gasteiger partial charge in [0, 0.05) is 57.5 Å². The molecule has 0 aromatic heterocycles. The lowest BCUT2D eigenvalue weighted by Gasteiger charge is -2.39. The largest absolute Gasteiger partial charge is 0.372 e. The third-order valence-corrected chi connectivity index (χ3v) is 6.75. The molecule has 2 N–H and O–H groups in total. The molecule has 1 aromatic rings. The average Bonchev–Trinajstić information content (AvgIpc) is 3.30. The number of hydrogen-bond acceptors (Lipinski definition) is 4. The lowest BCUT2D eigenvalue weighted by atomic mass is 10.0. The van der Waals surface area contributed by atoms with E-state index < -0.39 is 0 Å². The SMILES string of the molecule is CCNC(=NCC(C(C)C)N1CCN(C)CC1)NC(C)c1cccc(N2CCCC2)c1. The van der Waals surface area contributed by atoms with Crippen LogP contribution < -0.4 is 15.5 Å². The zero-order valence-corrected chi connectivity index (χ0v) is 20.4. The summed E-state index contributed by atoms with van der Waals surface area (Å²) in [4.78, 5) is 12.6. The van der Waals surface area contributed by atoms with E-state index in [1.807, 2.05) is 0 Å². The van der Waals surface area contributed by atoms with Crippen molar-refractivity contribution in [2.45, 2.75) is 52.6 Å². The van der Waals surface area contributed by atoms with Gasteiger partial charge in [0.25, 0.3) is 0 Å². The van der Waals surface area contributed by atoms with Gasteiger partial charge in [0.05, 0.1) is 12.6 Å². The highest BCUT2D eigenvalue weighted by molar-refractivity contribution is 5.80. The predicted octanol–water partition coefficient (Wildman–Crippen LogP) is 3.17. The van der Waals surface area contributed by atoms with E-state index in [4.69, 9.17) is 4.99 Å². The topological polar surface area (TPSA) is 46.1 Å². The second-order valence-corrected chi connectivity index (χ2v) is 9.53. The molecule has 0 radical (unpaired) electrons. The molecule has 2 aliphatic rings. The molecule has 174 valence electrons. The number of nitrogens with one attached hydrogen (secondary N) is 2.